The van der Waals surface area contributed by atoms with E-state index in [1.54, 1.807) is 7.05 Å². The molecule has 1 amide bonds. The van der Waals surface area contributed by atoms with Crippen LogP contribution in [0.2, 0.25) is 0 Å². The molecule has 0 aliphatic carbocycles. The van der Waals surface area contributed by atoms with Crippen molar-refractivity contribution in [3.8, 4) is 0 Å². The fraction of sp³-hybridized carbons (Fsp3) is 0.385. The first kappa shape index (κ1) is 14.7. The molecule has 0 fully saturated rings. The van der Waals surface area contributed by atoms with Gasteiger partial charge in [-0.05, 0) is 12.0 Å². The molecule has 1 rings (SSSR count). The SMILES string of the molecule is CN(C(=N)CCCBr)C(=O)OCc1ccccc1. The highest BCUT2D eigenvalue weighted by Crippen LogP contribution is 2.04. The van der Waals surface area contributed by atoms with Crippen molar-refractivity contribution in [2.45, 2.75) is 19.4 Å². The molecule has 0 heterocycles. The monoisotopic (exact) mass is 312 g/mol. The van der Waals surface area contributed by atoms with E-state index in [1.165, 1.54) is 4.90 Å². The van der Waals surface area contributed by atoms with Crippen molar-refractivity contribution in [2.24, 2.45) is 0 Å². The van der Waals surface area contributed by atoms with E-state index in [0.717, 1.165) is 17.3 Å². The standard InChI is InChI=1S/C13H17BrN2O2/c1-16(12(15)8-5-9-14)13(17)18-10-11-6-3-2-4-7-11/h2-4,6-7,15H,5,8-10H2,1H3. The molecule has 0 radical (unpaired) electrons. The van der Waals surface area contributed by atoms with Crippen LogP contribution in [-0.4, -0.2) is 29.2 Å². The maximum atomic E-state index is 11.7. The van der Waals surface area contributed by atoms with Crippen LogP contribution < -0.4 is 0 Å². The maximum Gasteiger partial charge on any atom is 0.415 e. The van der Waals surface area contributed by atoms with E-state index in [0.29, 0.717) is 6.42 Å². The summed E-state index contributed by atoms with van der Waals surface area (Å²) in [5, 5.41) is 8.54. The van der Waals surface area contributed by atoms with Gasteiger partial charge in [0, 0.05) is 18.8 Å². The predicted molar refractivity (Wildman–Crippen MR) is 75.1 cm³/mol. The highest BCUT2D eigenvalue weighted by Gasteiger charge is 2.14. The predicted octanol–water partition coefficient (Wildman–Crippen LogP) is 3.41. The molecule has 1 N–H and O–H groups in total. The Morgan fingerprint density at radius 3 is 2.67 bits per heavy atom. The largest absolute Gasteiger partial charge is 0.444 e. The number of benzene rings is 1. The minimum Gasteiger partial charge on any atom is -0.444 e. The van der Waals surface area contributed by atoms with Crippen LogP contribution in [0.3, 0.4) is 0 Å². The van der Waals surface area contributed by atoms with E-state index >= 15 is 0 Å². The van der Waals surface area contributed by atoms with Gasteiger partial charge in [-0.3, -0.25) is 10.3 Å². The van der Waals surface area contributed by atoms with Crippen molar-refractivity contribution in [1.29, 1.82) is 5.41 Å². The van der Waals surface area contributed by atoms with Crippen molar-refractivity contribution < 1.29 is 9.53 Å². The Morgan fingerprint density at radius 1 is 1.39 bits per heavy atom. The van der Waals surface area contributed by atoms with Crippen LogP contribution in [0.5, 0.6) is 0 Å². The molecule has 0 saturated heterocycles. The Morgan fingerprint density at radius 2 is 2.06 bits per heavy atom. The number of amides is 1. The molecular formula is C13H17BrN2O2. The first-order chi connectivity index (χ1) is 8.65. The van der Waals surface area contributed by atoms with Gasteiger partial charge >= 0.3 is 6.09 Å². The lowest BCUT2D eigenvalue weighted by atomic mass is 10.2. The Kier molecular flexibility index (Phi) is 6.43. The van der Waals surface area contributed by atoms with E-state index in [4.69, 9.17) is 10.1 Å². The highest BCUT2D eigenvalue weighted by molar-refractivity contribution is 9.09. The number of nitrogens with one attached hydrogen (secondary N) is 1. The number of nitrogens with zero attached hydrogens (tertiary/aromatic N) is 1. The minimum absolute atomic E-state index is 0.232. The summed E-state index contributed by atoms with van der Waals surface area (Å²) in [6, 6.07) is 9.48. The van der Waals surface area contributed by atoms with Gasteiger partial charge in [0.25, 0.3) is 0 Å². The van der Waals surface area contributed by atoms with Crippen LogP contribution >= 0.6 is 15.9 Å². The fourth-order valence-corrected chi connectivity index (χ4v) is 1.61. The second-order valence-corrected chi connectivity index (χ2v) is 4.63. The molecule has 0 bridgehead atoms. The van der Waals surface area contributed by atoms with Crippen LogP contribution in [0.1, 0.15) is 18.4 Å². The van der Waals surface area contributed by atoms with Crippen molar-refractivity contribution in [1.82, 2.24) is 4.90 Å². The van der Waals surface area contributed by atoms with Gasteiger partial charge in [0.1, 0.15) is 12.4 Å². The fourth-order valence-electron chi connectivity index (χ4n) is 1.33. The second-order valence-electron chi connectivity index (χ2n) is 3.84. The summed E-state index contributed by atoms with van der Waals surface area (Å²) in [7, 11) is 1.56. The number of hydrogen-bond acceptors (Lipinski definition) is 3. The molecular weight excluding hydrogens is 296 g/mol. The molecule has 5 heteroatoms. The lowest BCUT2D eigenvalue weighted by Gasteiger charge is -2.17. The normalized spacial score (nSPS) is 9.89. The third kappa shape index (κ3) is 4.87. The summed E-state index contributed by atoms with van der Waals surface area (Å²) >= 11 is 3.29. The molecule has 98 valence electrons. The number of carbonyl (C=O) groups excluding carboxylic acids is 1. The zero-order valence-corrected chi connectivity index (χ0v) is 11.9. The maximum absolute atomic E-state index is 11.7. The van der Waals surface area contributed by atoms with Gasteiger partial charge in [-0.25, -0.2) is 4.79 Å². The van der Waals surface area contributed by atoms with Gasteiger partial charge in [-0.1, -0.05) is 46.3 Å². The molecule has 0 aliphatic rings. The van der Waals surface area contributed by atoms with Crippen LogP contribution in [0, 0.1) is 5.41 Å². The summed E-state index contributed by atoms with van der Waals surface area (Å²) in [5.74, 6) is 0.271. The molecule has 1 aromatic rings. The molecule has 0 unspecified atom stereocenters. The molecule has 1 aromatic carbocycles. The van der Waals surface area contributed by atoms with E-state index in [2.05, 4.69) is 15.9 Å². The third-order valence-electron chi connectivity index (χ3n) is 2.43. The van der Waals surface area contributed by atoms with Crippen molar-refractivity contribution in [3.05, 3.63) is 35.9 Å². The second kappa shape index (κ2) is 7.87. The van der Waals surface area contributed by atoms with Gasteiger partial charge in [0.2, 0.25) is 0 Å². The minimum atomic E-state index is -0.488. The van der Waals surface area contributed by atoms with E-state index < -0.39 is 6.09 Å². The number of hydrogen-bond donors (Lipinski definition) is 1. The van der Waals surface area contributed by atoms with Gasteiger partial charge in [0.15, 0.2) is 0 Å². The smallest absolute Gasteiger partial charge is 0.415 e. The first-order valence-electron chi connectivity index (χ1n) is 5.73. The number of rotatable bonds is 5. The number of halogens is 1. The number of carbonyl (C=O) groups is 1. The summed E-state index contributed by atoms with van der Waals surface area (Å²) in [6.07, 6.45) is 0.899. The Hall–Kier alpha value is -1.36. The van der Waals surface area contributed by atoms with Crippen molar-refractivity contribution in [2.75, 3.05) is 12.4 Å². The van der Waals surface area contributed by atoms with E-state index in [-0.39, 0.29) is 12.4 Å². The highest BCUT2D eigenvalue weighted by atomic mass is 79.9. The molecule has 0 aromatic heterocycles. The molecule has 4 nitrogen and oxygen atoms in total. The quantitative estimate of drug-likeness (QED) is 0.514. The Balaban J connectivity index is 2.38. The average Bonchev–Trinajstić information content (AvgIpc) is 2.42. The van der Waals surface area contributed by atoms with Crippen molar-refractivity contribution >= 4 is 27.9 Å². The van der Waals surface area contributed by atoms with Crippen LogP contribution in [0.25, 0.3) is 0 Å². The number of alkyl halides is 1. The average molecular weight is 313 g/mol. The number of amidine groups is 1. The van der Waals surface area contributed by atoms with Gasteiger partial charge in [-0.15, -0.1) is 0 Å². The Labute approximate surface area is 116 Å². The van der Waals surface area contributed by atoms with Crippen molar-refractivity contribution in [3.63, 3.8) is 0 Å². The van der Waals surface area contributed by atoms with Crippen LogP contribution in [0.15, 0.2) is 30.3 Å². The van der Waals surface area contributed by atoms with Gasteiger partial charge in [-0.2, -0.15) is 0 Å². The molecule has 0 spiro atoms. The molecule has 0 aliphatic heterocycles. The third-order valence-corrected chi connectivity index (χ3v) is 2.99. The lowest BCUT2D eigenvalue weighted by molar-refractivity contribution is 0.121. The number of ether oxygens (including phenoxy) is 1. The van der Waals surface area contributed by atoms with Crippen LogP contribution in [0.4, 0.5) is 4.79 Å². The Bertz CT molecular complexity index is 395. The zero-order chi connectivity index (χ0) is 13.4. The molecule has 18 heavy (non-hydrogen) atoms. The van der Waals surface area contributed by atoms with Gasteiger partial charge < -0.3 is 4.74 Å². The molecule has 0 atom stereocenters. The molecule has 0 saturated carbocycles. The summed E-state index contributed by atoms with van der Waals surface area (Å²) in [5.41, 5.74) is 0.936. The van der Waals surface area contributed by atoms with E-state index in [9.17, 15) is 4.79 Å². The lowest BCUT2D eigenvalue weighted by Crippen LogP contribution is -2.33. The summed E-state index contributed by atoms with van der Waals surface area (Å²) < 4.78 is 5.13. The zero-order valence-electron chi connectivity index (χ0n) is 10.4. The summed E-state index contributed by atoms with van der Waals surface area (Å²) in [4.78, 5) is 12.9. The first-order valence-corrected chi connectivity index (χ1v) is 6.85. The topological polar surface area (TPSA) is 53.4 Å². The summed E-state index contributed by atoms with van der Waals surface area (Å²) in [6.45, 7) is 0.232. The van der Waals surface area contributed by atoms with Gasteiger partial charge in [0.05, 0.1) is 0 Å². The van der Waals surface area contributed by atoms with Crippen LogP contribution in [-0.2, 0) is 11.3 Å². The van der Waals surface area contributed by atoms with E-state index in [1.807, 2.05) is 30.3 Å².